The zero-order valence-corrected chi connectivity index (χ0v) is 12.5. The number of anilines is 1. The summed E-state index contributed by atoms with van der Waals surface area (Å²) in [5.41, 5.74) is 2.44. The van der Waals surface area contributed by atoms with Crippen molar-refractivity contribution < 1.29 is 4.79 Å². The van der Waals surface area contributed by atoms with Crippen molar-refractivity contribution in [1.82, 2.24) is 15.3 Å². The van der Waals surface area contributed by atoms with Crippen LogP contribution in [-0.2, 0) is 6.54 Å². The van der Waals surface area contributed by atoms with Crippen molar-refractivity contribution >= 4 is 11.6 Å². The number of nitrogens with one attached hydrogen (secondary N) is 2. The van der Waals surface area contributed by atoms with E-state index in [0.29, 0.717) is 18.3 Å². The molecular formula is C17H20N4O. The minimum Gasteiger partial charge on any atom is -0.381 e. The molecule has 3 rings (SSSR count). The van der Waals surface area contributed by atoms with Gasteiger partial charge in [-0.3, -0.25) is 14.8 Å². The molecule has 114 valence electrons. The summed E-state index contributed by atoms with van der Waals surface area (Å²) in [5, 5.41) is 6.35. The molecule has 1 amide bonds. The Hall–Kier alpha value is -2.43. The maximum atomic E-state index is 12.2. The summed E-state index contributed by atoms with van der Waals surface area (Å²) in [6.07, 6.45) is 9.78. The number of amides is 1. The van der Waals surface area contributed by atoms with Crippen LogP contribution in [0.5, 0.6) is 0 Å². The molecule has 0 unspecified atom stereocenters. The lowest BCUT2D eigenvalue weighted by atomic mass is 10.2. The van der Waals surface area contributed by atoms with Gasteiger partial charge in [0.1, 0.15) is 5.69 Å². The number of hydrogen-bond donors (Lipinski definition) is 2. The summed E-state index contributed by atoms with van der Waals surface area (Å²) in [7, 11) is 0. The first kappa shape index (κ1) is 14.5. The molecule has 2 aromatic heterocycles. The van der Waals surface area contributed by atoms with Gasteiger partial charge >= 0.3 is 0 Å². The van der Waals surface area contributed by atoms with E-state index >= 15 is 0 Å². The number of aromatic nitrogens is 2. The third kappa shape index (κ3) is 3.81. The van der Waals surface area contributed by atoms with Crippen LogP contribution in [0.15, 0.2) is 42.9 Å². The standard InChI is InChI=1S/C17H20N4O/c22-17(21-14-5-1-2-6-14)16-10-15(7-9-19-16)20-12-13-4-3-8-18-11-13/h3-4,7-11,14H,1-2,5-6,12H2,(H,19,20)(H,21,22). The van der Waals surface area contributed by atoms with E-state index in [1.165, 1.54) is 12.8 Å². The first-order chi connectivity index (χ1) is 10.8. The maximum Gasteiger partial charge on any atom is 0.270 e. The van der Waals surface area contributed by atoms with Gasteiger partial charge in [0, 0.05) is 36.9 Å². The molecule has 2 N–H and O–H groups in total. The van der Waals surface area contributed by atoms with E-state index in [9.17, 15) is 4.79 Å². The van der Waals surface area contributed by atoms with Crippen molar-refractivity contribution in [2.75, 3.05) is 5.32 Å². The second kappa shape index (κ2) is 7.02. The molecule has 2 aromatic rings. The smallest absolute Gasteiger partial charge is 0.270 e. The molecule has 22 heavy (non-hydrogen) atoms. The van der Waals surface area contributed by atoms with E-state index in [4.69, 9.17) is 0 Å². The van der Waals surface area contributed by atoms with Gasteiger partial charge in [-0.05, 0) is 36.6 Å². The monoisotopic (exact) mass is 296 g/mol. The fourth-order valence-corrected chi connectivity index (χ4v) is 2.70. The lowest BCUT2D eigenvalue weighted by molar-refractivity contribution is 0.0933. The van der Waals surface area contributed by atoms with E-state index in [2.05, 4.69) is 20.6 Å². The molecule has 2 heterocycles. The quantitative estimate of drug-likeness (QED) is 0.890. The minimum atomic E-state index is -0.0862. The normalized spacial score (nSPS) is 14.7. The second-order valence-corrected chi connectivity index (χ2v) is 5.60. The highest BCUT2D eigenvalue weighted by molar-refractivity contribution is 5.93. The minimum absolute atomic E-state index is 0.0862. The number of carbonyl (C=O) groups excluding carboxylic acids is 1. The van der Waals surface area contributed by atoms with Crippen LogP contribution in [0.25, 0.3) is 0 Å². The lowest BCUT2D eigenvalue weighted by Gasteiger charge is -2.12. The van der Waals surface area contributed by atoms with Crippen LogP contribution in [0.1, 0.15) is 41.7 Å². The van der Waals surface area contributed by atoms with Crippen LogP contribution in [0.3, 0.4) is 0 Å². The highest BCUT2D eigenvalue weighted by Gasteiger charge is 2.18. The molecule has 0 bridgehead atoms. The Morgan fingerprint density at radius 1 is 1.23 bits per heavy atom. The summed E-state index contributed by atoms with van der Waals surface area (Å²) in [5.74, 6) is -0.0862. The Morgan fingerprint density at radius 3 is 2.86 bits per heavy atom. The zero-order chi connectivity index (χ0) is 15.2. The molecule has 0 atom stereocenters. The topological polar surface area (TPSA) is 66.9 Å². The lowest BCUT2D eigenvalue weighted by Crippen LogP contribution is -2.33. The van der Waals surface area contributed by atoms with Gasteiger partial charge in [0.05, 0.1) is 0 Å². The molecule has 0 aliphatic heterocycles. The predicted molar refractivity (Wildman–Crippen MR) is 85.5 cm³/mol. The van der Waals surface area contributed by atoms with Crippen molar-refractivity contribution in [1.29, 1.82) is 0 Å². The van der Waals surface area contributed by atoms with Gasteiger partial charge in [0.25, 0.3) is 5.91 Å². The number of rotatable bonds is 5. The Kier molecular flexibility index (Phi) is 4.63. The molecule has 5 heteroatoms. The van der Waals surface area contributed by atoms with E-state index in [-0.39, 0.29) is 5.91 Å². The van der Waals surface area contributed by atoms with Crippen molar-refractivity contribution in [3.8, 4) is 0 Å². The summed E-state index contributed by atoms with van der Waals surface area (Å²) in [6.45, 7) is 0.668. The van der Waals surface area contributed by atoms with Gasteiger partial charge in [-0.2, -0.15) is 0 Å². The van der Waals surface area contributed by atoms with Crippen LogP contribution < -0.4 is 10.6 Å². The summed E-state index contributed by atoms with van der Waals surface area (Å²) >= 11 is 0. The number of nitrogens with zero attached hydrogens (tertiary/aromatic N) is 2. The van der Waals surface area contributed by atoms with E-state index in [1.807, 2.05) is 24.4 Å². The Balaban J connectivity index is 1.60. The van der Waals surface area contributed by atoms with Crippen LogP contribution in [0, 0.1) is 0 Å². The average Bonchev–Trinajstić information content (AvgIpc) is 3.07. The van der Waals surface area contributed by atoms with Gasteiger partial charge in [-0.15, -0.1) is 0 Å². The van der Waals surface area contributed by atoms with Crippen molar-refractivity contribution in [2.24, 2.45) is 0 Å². The van der Waals surface area contributed by atoms with Crippen molar-refractivity contribution in [2.45, 2.75) is 38.3 Å². The van der Waals surface area contributed by atoms with Gasteiger partial charge < -0.3 is 10.6 Å². The van der Waals surface area contributed by atoms with Crippen LogP contribution in [0.4, 0.5) is 5.69 Å². The molecule has 0 radical (unpaired) electrons. The molecule has 1 aliphatic rings. The highest BCUT2D eigenvalue weighted by Crippen LogP contribution is 2.18. The fraction of sp³-hybridized carbons (Fsp3) is 0.353. The third-order valence-corrected chi connectivity index (χ3v) is 3.90. The Bertz CT molecular complexity index is 624. The van der Waals surface area contributed by atoms with Crippen LogP contribution in [-0.4, -0.2) is 21.9 Å². The largest absolute Gasteiger partial charge is 0.381 e. The molecular weight excluding hydrogens is 276 g/mol. The molecule has 0 spiro atoms. The Morgan fingerprint density at radius 2 is 2.09 bits per heavy atom. The molecule has 1 saturated carbocycles. The highest BCUT2D eigenvalue weighted by atomic mass is 16.1. The maximum absolute atomic E-state index is 12.2. The van der Waals surface area contributed by atoms with Crippen molar-refractivity contribution in [3.05, 3.63) is 54.1 Å². The first-order valence-corrected chi connectivity index (χ1v) is 7.71. The fourth-order valence-electron chi connectivity index (χ4n) is 2.70. The average molecular weight is 296 g/mol. The second-order valence-electron chi connectivity index (χ2n) is 5.60. The van der Waals surface area contributed by atoms with Crippen molar-refractivity contribution in [3.63, 3.8) is 0 Å². The predicted octanol–water partition coefficient (Wildman–Crippen LogP) is 2.76. The van der Waals surface area contributed by atoms with E-state index in [1.54, 1.807) is 18.5 Å². The molecule has 0 aromatic carbocycles. The zero-order valence-electron chi connectivity index (χ0n) is 12.5. The summed E-state index contributed by atoms with van der Waals surface area (Å²) in [6, 6.07) is 7.88. The SMILES string of the molecule is O=C(NC1CCCC1)c1cc(NCc2cccnc2)ccn1. The molecule has 1 fully saturated rings. The number of carbonyl (C=O) groups is 1. The molecule has 1 aliphatic carbocycles. The van der Waals surface area contributed by atoms with Gasteiger partial charge in [-0.25, -0.2) is 0 Å². The number of hydrogen-bond acceptors (Lipinski definition) is 4. The first-order valence-electron chi connectivity index (χ1n) is 7.71. The Labute approximate surface area is 130 Å². The molecule has 5 nitrogen and oxygen atoms in total. The third-order valence-electron chi connectivity index (χ3n) is 3.90. The van der Waals surface area contributed by atoms with Crippen LogP contribution in [0.2, 0.25) is 0 Å². The van der Waals surface area contributed by atoms with E-state index < -0.39 is 0 Å². The van der Waals surface area contributed by atoms with E-state index in [0.717, 1.165) is 24.1 Å². The molecule has 0 saturated heterocycles. The van der Waals surface area contributed by atoms with Crippen LogP contribution >= 0.6 is 0 Å². The van der Waals surface area contributed by atoms with Gasteiger partial charge in [0.15, 0.2) is 0 Å². The van der Waals surface area contributed by atoms with Gasteiger partial charge in [0.2, 0.25) is 0 Å². The summed E-state index contributed by atoms with van der Waals surface area (Å²) in [4.78, 5) is 20.5. The number of pyridine rings is 2. The van der Waals surface area contributed by atoms with Gasteiger partial charge in [-0.1, -0.05) is 18.9 Å². The summed E-state index contributed by atoms with van der Waals surface area (Å²) < 4.78 is 0.